The van der Waals surface area contributed by atoms with Crippen LogP contribution >= 0.6 is 12.2 Å². The minimum absolute atomic E-state index is 0.176. The molecule has 4 rings (SSSR count). The molecule has 2 heterocycles. The van der Waals surface area contributed by atoms with Crippen molar-refractivity contribution in [3.05, 3.63) is 83.4 Å². The number of ether oxygens (including phenoxy) is 2. The number of rotatable bonds is 9. The van der Waals surface area contributed by atoms with Crippen LogP contribution in [0, 0.1) is 6.92 Å². The average molecular weight is 492 g/mol. The Morgan fingerprint density at radius 2 is 1.94 bits per heavy atom. The Labute approximate surface area is 208 Å². The lowest BCUT2D eigenvalue weighted by molar-refractivity contribution is -0.123. The molecule has 0 unspecified atom stereocenters. The van der Waals surface area contributed by atoms with E-state index in [4.69, 9.17) is 26.1 Å². The zero-order chi connectivity index (χ0) is 24.8. The van der Waals surface area contributed by atoms with Crippen LogP contribution in [0.15, 0.2) is 71.0 Å². The van der Waals surface area contributed by atoms with E-state index < -0.39 is 0 Å². The van der Waals surface area contributed by atoms with E-state index in [0.717, 1.165) is 5.56 Å². The minimum atomic E-state index is -0.284. The van der Waals surface area contributed by atoms with Crippen LogP contribution in [0.2, 0.25) is 0 Å². The Morgan fingerprint density at radius 3 is 2.66 bits per heavy atom. The maximum atomic E-state index is 12.8. The van der Waals surface area contributed by atoms with Gasteiger partial charge in [0.15, 0.2) is 23.2 Å². The Morgan fingerprint density at radius 1 is 1.14 bits per heavy atom. The number of carbonyl (C=O) groups excluding carboxylic acids is 2. The molecule has 1 aliphatic rings. The molecule has 2 amide bonds. The Hall–Kier alpha value is -4.11. The second kappa shape index (κ2) is 10.9. The molecule has 3 aromatic rings. The number of aryl methyl sites for hydroxylation is 1. The first-order chi connectivity index (χ1) is 16.9. The van der Waals surface area contributed by atoms with E-state index in [1.54, 1.807) is 42.7 Å². The number of nitrogens with one attached hydrogen (secondary N) is 2. The quantitative estimate of drug-likeness (QED) is 0.341. The zero-order valence-electron chi connectivity index (χ0n) is 19.4. The molecule has 0 bridgehead atoms. The van der Waals surface area contributed by atoms with Gasteiger partial charge in [0, 0.05) is 5.69 Å². The van der Waals surface area contributed by atoms with Crippen LogP contribution in [0.1, 0.15) is 23.8 Å². The van der Waals surface area contributed by atoms with E-state index >= 15 is 0 Å². The standard InChI is InChI=1S/C26H25N3O5S/c1-3-32-23-14-18(13-21-25(31)29(26(35)28-21)15-20-5-4-12-33-20)8-11-22(23)34-16-24(30)27-19-9-6-17(2)7-10-19/h4-14H,3,15-16H2,1-2H3,(H,27,30)(H,28,35)/b21-13+. The maximum absolute atomic E-state index is 12.8. The van der Waals surface area contributed by atoms with Gasteiger partial charge in [-0.2, -0.15) is 0 Å². The smallest absolute Gasteiger partial charge is 0.276 e. The first-order valence-corrected chi connectivity index (χ1v) is 11.5. The van der Waals surface area contributed by atoms with E-state index in [1.165, 1.54) is 4.90 Å². The first kappa shape index (κ1) is 24.0. The number of carbonyl (C=O) groups is 2. The van der Waals surface area contributed by atoms with Crippen molar-refractivity contribution in [1.82, 2.24) is 10.2 Å². The Balaban J connectivity index is 1.43. The summed E-state index contributed by atoms with van der Waals surface area (Å²) in [5.74, 6) is 0.986. The normalized spacial score (nSPS) is 14.2. The van der Waals surface area contributed by atoms with Gasteiger partial charge in [0.25, 0.3) is 11.8 Å². The van der Waals surface area contributed by atoms with Crippen molar-refractivity contribution in [2.24, 2.45) is 0 Å². The lowest BCUT2D eigenvalue weighted by Gasteiger charge is -2.13. The van der Waals surface area contributed by atoms with Crippen molar-refractivity contribution in [2.45, 2.75) is 20.4 Å². The molecule has 2 aromatic carbocycles. The van der Waals surface area contributed by atoms with Crippen LogP contribution in [0.3, 0.4) is 0 Å². The zero-order valence-corrected chi connectivity index (χ0v) is 20.2. The molecule has 1 fully saturated rings. The minimum Gasteiger partial charge on any atom is -0.490 e. The van der Waals surface area contributed by atoms with Crippen LogP contribution in [0.5, 0.6) is 11.5 Å². The molecule has 2 N–H and O–H groups in total. The predicted molar refractivity (Wildman–Crippen MR) is 136 cm³/mol. The van der Waals surface area contributed by atoms with Crippen molar-refractivity contribution in [2.75, 3.05) is 18.5 Å². The Kier molecular flexibility index (Phi) is 7.47. The third-order valence-electron chi connectivity index (χ3n) is 5.13. The second-order valence-electron chi connectivity index (χ2n) is 7.80. The molecule has 0 spiro atoms. The maximum Gasteiger partial charge on any atom is 0.276 e. The summed E-state index contributed by atoms with van der Waals surface area (Å²) in [6.07, 6.45) is 3.24. The number of hydrogen-bond acceptors (Lipinski definition) is 6. The van der Waals surface area contributed by atoms with Crippen molar-refractivity contribution in [3.63, 3.8) is 0 Å². The highest BCUT2D eigenvalue weighted by Crippen LogP contribution is 2.30. The van der Waals surface area contributed by atoms with Gasteiger partial charge in [0.2, 0.25) is 0 Å². The van der Waals surface area contributed by atoms with Gasteiger partial charge in [-0.3, -0.25) is 14.5 Å². The molecule has 0 atom stereocenters. The van der Waals surface area contributed by atoms with E-state index in [-0.39, 0.29) is 25.0 Å². The van der Waals surface area contributed by atoms with Gasteiger partial charge < -0.3 is 24.5 Å². The van der Waals surface area contributed by atoms with E-state index in [0.29, 0.717) is 45.9 Å². The van der Waals surface area contributed by atoms with Crippen LogP contribution in [0.25, 0.3) is 6.08 Å². The predicted octanol–water partition coefficient (Wildman–Crippen LogP) is 4.26. The van der Waals surface area contributed by atoms with Crippen LogP contribution in [-0.2, 0) is 16.1 Å². The molecule has 1 aliphatic heterocycles. The molecule has 9 heteroatoms. The third-order valence-corrected chi connectivity index (χ3v) is 5.45. The summed E-state index contributed by atoms with van der Waals surface area (Å²) in [4.78, 5) is 26.6. The molecule has 1 aromatic heterocycles. The highest BCUT2D eigenvalue weighted by atomic mass is 32.1. The molecule has 0 radical (unpaired) electrons. The van der Waals surface area contributed by atoms with E-state index in [9.17, 15) is 9.59 Å². The molecular formula is C26H25N3O5S. The van der Waals surface area contributed by atoms with Crippen LogP contribution < -0.4 is 20.1 Å². The number of nitrogens with zero attached hydrogens (tertiary/aromatic N) is 1. The molecule has 0 aliphatic carbocycles. The molecule has 0 saturated carbocycles. The molecule has 35 heavy (non-hydrogen) atoms. The highest BCUT2D eigenvalue weighted by molar-refractivity contribution is 7.80. The molecule has 180 valence electrons. The summed E-state index contributed by atoms with van der Waals surface area (Å²) in [6, 6.07) is 16.3. The van der Waals surface area contributed by atoms with Gasteiger partial charge in [-0.05, 0) is 74.1 Å². The van der Waals surface area contributed by atoms with E-state index in [2.05, 4.69) is 10.6 Å². The summed E-state index contributed by atoms with van der Waals surface area (Å²) in [5.41, 5.74) is 2.86. The lowest BCUT2D eigenvalue weighted by Crippen LogP contribution is -2.29. The summed E-state index contributed by atoms with van der Waals surface area (Å²) < 4.78 is 16.7. The summed E-state index contributed by atoms with van der Waals surface area (Å²) in [5, 5.41) is 6.05. The number of anilines is 1. The highest BCUT2D eigenvalue weighted by Gasteiger charge is 2.31. The SMILES string of the molecule is CCOc1cc(/C=C2/NC(=S)N(Cc3ccco3)C2=O)ccc1OCC(=O)Nc1ccc(C)cc1. The molecule has 1 saturated heterocycles. The van der Waals surface area contributed by atoms with Crippen LogP contribution in [0.4, 0.5) is 5.69 Å². The largest absolute Gasteiger partial charge is 0.490 e. The second-order valence-corrected chi connectivity index (χ2v) is 8.19. The summed E-state index contributed by atoms with van der Waals surface area (Å²) in [6.45, 7) is 4.31. The summed E-state index contributed by atoms with van der Waals surface area (Å²) >= 11 is 5.31. The van der Waals surface area contributed by atoms with Gasteiger partial charge in [-0.1, -0.05) is 23.8 Å². The number of furan rings is 1. The van der Waals surface area contributed by atoms with Gasteiger partial charge in [0.1, 0.15) is 11.5 Å². The Bertz CT molecular complexity index is 1250. The molecular weight excluding hydrogens is 466 g/mol. The van der Waals surface area contributed by atoms with Gasteiger partial charge in [0.05, 0.1) is 19.4 Å². The van der Waals surface area contributed by atoms with Gasteiger partial charge in [-0.25, -0.2) is 0 Å². The number of thiocarbonyl (C=S) groups is 1. The molecule has 8 nitrogen and oxygen atoms in total. The van der Waals surface area contributed by atoms with Crippen molar-refractivity contribution in [1.29, 1.82) is 0 Å². The van der Waals surface area contributed by atoms with Crippen molar-refractivity contribution >= 4 is 40.9 Å². The summed E-state index contributed by atoms with van der Waals surface area (Å²) in [7, 11) is 0. The number of benzene rings is 2. The first-order valence-electron chi connectivity index (χ1n) is 11.1. The van der Waals surface area contributed by atoms with Gasteiger partial charge in [-0.15, -0.1) is 0 Å². The fourth-order valence-electron chi connectivity index (χ4n) is 3.42. The average Bonchev–Trinajstić information content (AvgIpc) is 3.44. The topological polar surface area (TPSA) is 93.0 Å². The monoisotopic (exact) mass is 491 g/mol. The van der Waals surface area contributed by atoms with Crippen molar-refractivity contribution in [3.8, 4) is 11.5 Å². The number of amides is 2. The third kappa shape index (κ3) is 6.07. The van der Waals surface area contributed by atoms with Gasteiger partial charge >= 0.3 is 0 Å². The van der Waals surface area contributed by atoms with Crippen LogP contribution in [-0.4, -0.2) is 35.0 Å². The fourth-order valence-corrected chi connectivity index (χ4v) is 3.68. The van der Waals surface area contributed by atoms with Crippen molar-refractivity contribution < 1.29 is 23.5 Å². The van der Waals surface area contributed by atoms with E-state index in [1.807, 2.05) is 38.1 Å². The fraction of sp³-hybridized carbons (Fsp3) is 0.192. The lowest BCUT2D eigenvalue weighted by atomic mass is 10.1. The number of hydrogen-bond donors (Lipinski definition) is 2.